The number of rotatable bonds is 7. The van der Waals surface area contributed by atoms with E-state index in [-0.39, 0.29) is 23.8 Å². The highest BCUT2D eigenvalue weighted by Crippen LogP contribution is 2.14. The van der Waals surface area contributed by atoms with Crippen LogP contribution in [0.3, 0.4) is 0 Å². The van der Waals surface area contributed by atoms with Gasteiger partial charge in [0, 0.05) is 18.0 Å². The molecule has 0 saturated heterocycles. The molecule has 0 aliphatic rings. The molecule has 1 heterocycles. The molecule has 0 unspecified atom stereocenters. The van der Waals surface area contributed by atoms with Gasteiger partial charge in [-0.2, -0.15) is 0 Å². The molecule has 0 fully saturated rings. The number of Topliss-reactive ketones (excluding diaryl/α,β-unsaturated/α-hetero) is 2. The van der Waals surface area contributed by atoms with Crippen LogP contribution >= 0.6 is 0 Å². The highest BCUT2D eigenvalue weighted by molar-refractivity contribution is 6.12. The molecule has 0 atom stereocenters. The summed E-state index contributed by atoms with van der Waals surface area (Å²) in [5, 5.41) is 0. The average molecular weight is 284 g/mol. The Balaban J connectivity index is 1.98. The summed E-state index contributed by atoms with van der Waals surface area (Å²) in [6, 6.07) is 8.39. The molecule has 0 N–H and O–H groups in total. The van der Waals surface area contributed by atoms with E-state index in [9.17, 15) is 9.59 Å². The fraction of sp³-hybridized carbons (Fsp3) is 0.250. The van der Waals surface area contributed by atoms with Gasteiger partial charge in [-0.15, -0.1) is 0 Å². The van der Waals surface area contributed by atoms with Crippen LogP contribution in [0.15, 0.2) is 42.7 Å². The summed E-state index contributed by atoms with van der Waals surface area (Å²) in [4.78, 5) is 31.6. The minimum Gasteiger partial charge on any atom is -0.494 e. The highest BCUT2D eigenvalue weighted by atomic mass is 16.5. The molecule has 1 aromatic carbocycles. The predicted molar refractivity (Wildman–Crippen MR) is 77.5 cm³/mol. The maximum absolute atomic E-state index is 12.0. The molecule has 0 amide bonds. The first-order valence-corrected chi connectivity index (χ1v) is 6.77. The minimum atomic E-state index is -0.382. The topological polar surface area (TPSA) is 69.2 Å². The Morgan fingerprint density at radius 1 is 1.05 bits per heavy atom. The molecule has 0 aliphatic heterocycles. The number of aromatic nitrogens is 2. The Labute approximate surface area is 123 Å². The largest absolute Gasteiger partial charge is 0.494 e. The lowest BCUT2D eigenvalue weighted by atomic mass is 10.1. The predicted octanol–water partition coefficient (Wildman–Crippen LogP) is 2.72. The molecule has 0 bridgehead atoms. The molecule has 2 rings (SSSR count). The molecule has 0 radical (unpaired) electrons. The van der Waals surface area contributed by atoms with Crippen molar-refractivity contribution in [3.05, 3.63) is 54.1 Å². The van der Waals surface area contributed by atoms with Gasteiger partial charge in [-0.3, -0.25) is 9.59 Å². The zero-order valence-electron chi connectivity index (χ0n) is 11.8. The van der Waals surface area contributed by atoms with E-state index < -0.39 is 0 Å². The number of nitrogens with zero attached hydrogens (tertiary/aromatic N) is 2. The average Bonchev–Trinajstić information content (AvgIpc) is 2.54. The molecule has 21 heavy (non-hydrogen) atoms. The van der Waals surface area contributed by atoms with Crippen molar-refractivity contribution in [2.24, 2.45) is 0 Å². The van der Waals surface area contributed by atoms with Crippen LogP contribution in [0.25, 0.3) is 0 Å². The molecular formula is C16H16N2O3. The monoisotopic (exact) mass is 284 g/mol. The van der Waals surface area contributed by atoms with Crippen molar-refractivity contribution in [1.82, 2.24) is 9.97 Å². The summed E-state index contributed by atoms with van der Waals surface area (Å²) in [6.45, 7) is 2.66. The van der Waals surface area contributed by atoms with E-state index in [1.165, 1.54) is 12.4 Å². The molecule has 5 nitrogen and oxygen atoms in total. The van der Waals surface area contributed by atoms with Crippen LogP contribution in [0.5, 0.6) is 5.75 Å². The van der Waals surface area contributed by atoms with E-state index in [0.717, 1.165) is 6.42 Å². The second-order valence-corrected chi connectivity index (χ2v) is 4.47. The number of ketones is 2. The summed E-state index contributed by atoms with van der Waals surface area (Å²) in [5.74, 6) is 0.140. The van der Waals surface area contributed by atoms with E-state index >= 15 is 0 Å². The number of hydrogen-bond donors (Lipinski definition) is 0. The lowest BCUT2D eigenvalue weighted by Gasteiger charge is -2.05. The fourth-order valence-electron chi connectivity index (χ4n) is 1.73. The van der Waals surface area contributed by atoms with Crippen LogP contribution in [0, 0.1) is 0 Å². The molecule has 0 spiro atoms. The number of carbonyl (C=O) groups excluding carboxylic acids is 2. The van der Waals surface area contributed by atoms with Crippen molar-refractivity contribution in [3.8, 4) is 5.75 Å². The number of carbonyl (C=O) groups is 2. The third-order valence-electron chi connectivity index (χ3n) is 2.79. The minimum absolute atomic E-state index is 0.0637. The van der Waals surface area contributed by atoms with Crippen molar-refractivity contribution in [2.45, 2.75) is 19.8 Å². The van der Waals surface area contributed by atoms with Gasteiger partial charge in [0.2, 0.25) is 5.78 Å². The Bertz CT molecular complexity index is 609. The van der Waals surface area contributed by atoms with Crippen molar-refractivity contribution < 1.29 is 14.3 Å². The lowest BCUT2D eigenvalue weighted by Crippen LogP contribution is -2.11. The van der Waals surface area contributed by atoms with Gasteiger partial charge < -0.3 is 4.74 Å². The molecule has 0 saturated carbocycles. The van der Waals surface area contributed by atoms with Crippen LogP contribution in [0.1, 0.15) is 40.7 Å². The Morgan fingerprint density at radius 2 is 1.71 bits per heavy atom. The van der Waals surface area contributed by atoms with E-state index in [1.54, 1.807) is 30.3 Å². The zero-order valence-corrected chi connectivity index (χ0v) is 11.8. The second-order valence-electron chi connectivity index (χ2n) is 4.47. The third-order valence-corrected chi connectivity index (χ3v) is 2.79. The van der Waals surface area contributed by atoms with E-state index in [4.69, 9.17) is 4.74 Å². The molecular weight excluding hydrogens is 268 g/mol. The quantitative estimate of drug-likeness (QED) is 0.577. The van der Waals surface area contributed by atoms with Crippen LogP contribution in [0.4, 0.5) is 0 Å². The maximum Gasteiger partial charge on any atom is 0.207 e. The van der Waals surface area contributed by atoms with Gasteiger partial charge in [0.05, 0.1) is 13.0 Å². The summed E-state index contributed by atoms with van der Waals surface area (Å²) in [5.41, 5.74) is 0.475. The van der Waals surface area contributed by atoms with Gasteiger partial charge in [0.15, 0.2) is 11.6 Å². The van der Waals surface area contributed by atoms with Crippen LogP contribution < -0.4 is 4.74 Å². The first-order chi connectivity index (χ1) is 10.2. The third kappa shape index (κ3) is 4.21. The van der Waals surface area contributed by atoms with Gasteiger partial charge in [0.25, 0.3) is 0 Å². The number of benzene rings is 1. The molecule has 2 aromatic rings. The van der Waals surface area contributed by atoms with Crippen LogP contribution in [0.2, 0.25) is 0 Å². The SMILES string of the molecule is CCCOc1ccc(C(=O)CC(=O)c2ncccn2)cc1. The fourth-order valence-corrected chi connectivity index (χ4v) is 1.73. The van der Waals surface area contributed by atoms with Gasteiger partial charge in [-0.05, 0) is 36.8 Å². The maximum atomic E-state index is 12.0. The van der Waals surface area contributed by atoms with Gasteiger partial charge in [0.1, 0.15) is 5.75 Å². The summed E-state index contributed by atoms with van der Waals surface area (Å²) in [6.07, 6.45) is 3.64. The van der Waals surface area contributed by atoms with Crippen molar-refractivity contribution in [2.75, 3.05) is 6.61 Å². The lowest BCUT2D eigenvalue weighted by molar-refractivity contribution is 0.0888. The zero-order chi connectivity index (χ0) is 15.1. The molecule has 0 aliphatic carbocycles. The van der Waals surface area contributed by atoms with Gasteiger partial charge in [-0.1, -0.05) is 6.92 Å². The molecule has 108 valence electrons. The first-order valence-electron chi connectivity index (χ1n) is 6.77. The molecule has 5 heteroatoms. The van der Waals surface area contributed by atoms with Crippen LogP contribution in [-0.2, 0) is 0 Å². The highest BCUT2D eigenvalue weighted by Gasteiger charge is 2.15. The van der Waals surface area contributed by atoms with Crippen LogP contribution in [-0.4, -0.2) is 28.1 Å². The van der Waals surface area contributed by atoms with E-state index in [2.05, 4.69) is 9.97 Å². The number of ether oxygens (including phenoxy) is 1. The van der Waals surface area contributed by atoms with Crippen molar-refractivity contribution >= 4 is 11.6 Å². The normalized spacial score (nSPS) is 10.1. The Kier molecular flexibility index (Phi) is 5.15. The van der Waals surface area contributed by atoms with Gasteiger partial charge >= 0.3 is 0 Å². The summed E-state index contributed by atoms with van der Waals surface area (Å²) in [7, 11) is 0. The van der Waals surface area contributed by atoms with Gasteiger partial charge in [-0.25, -0.2) is 9.97 Å². The number of hydrogen-bond acceptors (Lipinski definition) is 5. The second kappa shape index (κ2) is 7.28. The standard InChI is InChI=1S/C16H16N2O3/c1-2-10-21-13-6-4-12(5-7-13)14(19)11-15(20)16-17-8-3-9-18-16/h3-9H,2,10-11H2,1H3. The first kappa shape index (κ1) is 14.8. The smallest absolute Gasteiger partial charge is 0.207 e. The summed E-state index contributed by atoms with van der Waals surface area (Å²) >= 11 is 0. The van der Waals surface area contributed by atoms with Crippen molar-refractivity contribution in [3.63, 3.8) is 0 Å². The Morgan fingerprint density at radius 3 is 2.33 bits per heavy atom. The van der Waals surface area contributed by atoms with E-state index in [0.29, 0.717) is 17.9 Å². The molecule has 1 aromatic heterocycles. The van der Waals surface area contributed by atoms with E-state index in [1.807, 2.05) is 6.92 Å². The Hall–Kier alpha value is -2.56. The van der Waals surface area contributed by atoms with Crippen molar-refractivity contribution in [1.29, 1.82) is 0 Å². The summed E-state index contributed by atoms with van der Waals surface area (Å²) < 4.78 is 5.44.